The molecule has 0 radical (unpaired) electrons. The van der Waals surface area contributed by atoms with E-state index in [0.717, 1.165) is 24.4 Å². The summed E-state index contributed by atoms with van der Waals surface area (Å²) in [5.41, 5.74) is 2.42. The largest absolute Gasteiger partial charge is 0.496 e. The van der Waals surface area contributed by atoms with E-state index in [2.05, 4.69) is 32.2 Å². The first kappa shape index (κ1) is 14.2. The maximum absolute atomic E-state index is 5.66. The smallest absolute Gasteiger partial charge is 0.122 e. The lowest BCUT2D eigenvalue weighted by molar-refractivity contribution is 0.397. The van der Waals surface area contributed by atoms with Gasteiger partial charge in [0.1, 0.15) is 5.75 Å². The maximum Gasteiger partial charge on any atom is 0.122 e. The van der Waals surface area contributed by atoms with Crippen molar-refractivity contribution in [3.8, 4) is 5.75 Å². The summed E-state index contributed by atoms with van der Waals surface area (Å²) in [5.74, 6) is 1.63. The second-order valence-electron chi connectivity index (χ2n) is 5.13. The predicted molar refractivity (Wildman–Crippen MR) is 75.5 cm³/mol. The molecular weight excluding hydrogens is 234 g/mol. The molecule has 1 rings (SSSR count). The van der Waals surface area contributed by atoms with Crippen molar-refractivity contribution in [3.63, 3.8) is 0 Å². The molecule has 0 unspecified atom stereocenters. The van der Waals surface area contributed by atoms with Crippen LogP contribution < -0.4 is 10.1 Å². The zero-order valence-corrected chi connectivity index (χ0v) is 11.9. The Labute approximate surface area is 109 Å². The minimum absolute atomic E-state index is 0.0789. The van der Waals surface area contributed by atoms with Crippen LogP contribution in [0.25, 0.3) is 0 Å². The lowest BCUT2D eigenvalue weighted by atomic mass is 9.86. The van der Waals surface area contributed by atoms with Crippen LogP contribution in [-0.2, 0) is 5.41 Å². The predicted octanol–water partition coefficient (Wildman–Crippen LogP) is 4.03. The number of hydrogen-bond acceptors (Lipinski definition) is 2. The van der Waals surface area contributed by atoms with Crippen molar-refractivity contribution in [2.24, 2.45) is 0 Å². The molecule has 17 heavy (non-hydrogen) atoms. The Morgan fingerprint density at radius 3 is 2.53 bits per heavy atom. The lowest BCUT2D eigenvalue weighted by Crippen LogP contribution is -2.13. The molecule has 0 aliphatic heterocycles. The van der Waals surface area contributed by atoms with Gasteiger partial charge in [-0.1, -0.05) is 20.8 Å². The molecule has 0 aromatic heterocycles. The Balaban J connectivity index is 2.89. The highest BCUT2D eigenvalue weighted by atomic mass is 35.5. The number of hydrogen-bond donors (Lipinski definition) is 1. The first-order valence-electron chi connectivity index (χ1n) is 5.97. The van der Waals surface area contributed by atoms with Crippen LogP contribution in [0.1, 0.15) is 32.8 Å². The number of methoxy groups -OCH3 is 1. The number of alkyl halides is 1. The fourth-order valence-corrected chi connectivity index (χ4v) is 1.84. The minimum atomic E-state index is 0.0789. The molecule has 2 nitrogen and oxygen atoms in total. The first-order chi connectivity index (χ1) is 7.99. The first-order valence-corrected chi connectivity index (χ1v) is 6.51. The Morgan fingerprint density at radius 1 is 1.29 bits per heavy atom. The third kappa shape index (κ3) is 4.12. The molecule has 1 aromatic carbocycles. The highest BCUT2D eigenvalue weighted by Gasteiger charge is 2.19. The number of benzene rings is 1. The summed E-state index contributed by atoms with van der Waals surface area (Å²) >= 11 is 5.66. The average Bonchev–Trinajstić information content (AvgIpc) is 2.28. The van der Waals surface area contributed by atoms with Crippen molar-refractivity contribution in [3.05, 3.63) is 23.8 Å². The van der Waals surface area contributed by atoms with Crippen LogP contribution in [0.15, 0.2) is 18.2 Å². The number of nitrogens with one attached hydrogen (secondary N) is 1. The Morgan fingerprint density at radius 2 is 2.00 bits per heavy atom. The number of ether oxygens (including phenoxy) is 1. The fraction of sp³-hybridized carbons (Fsp3) is 0.571. The van der Waals surface area contributed by atoms with Crippen LogP contribution in [0.4, 0.5) is 5.69 Å². The van der Waals surface area contributed by atoms with E-state index in [-0.39, 0.29) is 5.41 Å². The van der Waals surface area contributed by atoms with Gasteiger partial charge in [-0.2, -0.15) is 0 Å². The van der Waals surface area contributed by atoms with Crippen LogP contribution >= 0.6 is 11.6 Å². The molecule has 0 fully saturated rings. The van der Waals surface area contributed by atoms with E-state index in [9.17, 15) is 0 Å². The Bertz CT molecular complexity index is 358. The molecule has 0 spiro atoms. The van der Waals surface area contributed by atoms with E-state index < -0.39 is 0 Å². The summed E-state index contributed by atoms with van der Waals surface area (Å²) in [6, 6.07) is 6.22. The van der Waals surface area contributed by atoms with Crippen molar-refractivity contribution in [2.75, 3.05) is 24.9 Å². The molecule has 1 N–H and O–H groups in total. The molecule has 0 saturated carbocycles. The van der Waals surface area contributed by atoms with Gasteiger partial charge in [0.15, 0.2) is 0 Å². The topological polar surface area (TPSA) is 21.3 Å². The molecule has 0 aliphatic rings. The van der Waals surface area contributed by atoms with E-state index in [1.807, 2.05) is 12.1 Å². The summed E-state index contributed by atoms with van der Waals surface area (Å²) in [7, 11) is 1.71. The summed E-state index contributed by atoms with van der Waals surface area (Å²) in [5, 5.41) is 3.37. The van der Waals surface area contributed by atoms with Gasteiger partial charge in [0.05, 0.1) is 7.11 Å². The van der Waals surface area contributed by atoms with Gasteiger partial charge in [-0.05, 0) is 30.0 Å². The molecule has 1 aromatic rings. The van der Waals surface area contributed by atoms with Crippen LogP contribution in [0.3, 0.4) is 0 Å². The average molecular weight is 256 g/mol. The second kappa shape index (κ2) is 6.15. The minimum Gasteiger partial charge on any atom is -0.496 e. The Hall–Kier alpha value is -0.890. The van der Waals surface area contributed by atoms with Crippen LogP contribution in [-0.4, -0.2) is 19.5 Å². The van der Waals surface area contributed by atoms with E-state index in [1.54, 1.807) is 7.11 Å². The van der Waals surface area contributed by atoms with Gasteiger partial charge in [0, 0.05) is 23.7 Å². The lowest BCUT2D eigenvalue weighted by Gasteiger charge is -2.23. The van der Waals surface area contributed by atoms with Crippen molar-refractivity contribution in [2.45, 2.75) is 32.6 Å². The summed E-state index contributed by atoms with van der Waals surface area (Å²) < 4.78 is 5.40. The third-order valence-electron chi connectivity index (χ3n) is 2.65. The van der Waals surface area contributed by atoms with E-state index in [4.69, 9.17) is 16.3 Å². The van der Waals surface area contributed by atoms with Crippen LogP contribution in [0.2, 0.25) is 0 Å². The summed E-state index contributed by atoms with van der Waals surface area (Å²) in [6.07, 6.45) is 0.971. The van der Waals surface area contributed by atoms with Crippen molar-refractivity contribution >= 4 is 17.3 Å². The van der Waals surface area contributed by atoms with Gasteiger partial charge in [-0.25, -0.2) is 0 Å². The zero-order valence-electron chi connectivity index (χ0n) is 11.1. The molecule has 0 aliphatic carbocycles. The standard InChI is InChI=1S/C14H22ClNO/c1-14(2,3)12-10-11(16-9-5-8-15)6-7-13(12)17-4/h6-7,10,16H,5,8-9H2,1-4H3. The van der Waals surface area contributed by atoms with E-state index in [1.165, 1.54) is 5.56 Å². The van der Waals surface area contributed by atoms with Gasteiger partial charge >= 0.3 is 0 Å². The van der Waals surface area contributed by atoms with Crippen LogP contribution in [0.5, 0.6) is 5.75 Å². The number of halogens is 1. The quantitative estimate of drug-likeness (QED) is 0.634. The van der Waals surface area contributed by atoms with Gasteiger partial charge in [-0.3, -0.25) is 0 Å². The third-order valence-corrected chi connectivity index (χ3v) is 2.91. The molecule has 0 saturated heterocycles. The number of anilines is 1. The van der Waals surface area contributed by atoms with Gasteiger partial charge in [0.2, 0.25) is 0 Å². The molecular formula is C14H22ClNO. The molecule has 0 bridgehead atoms. The van der Waals surface area contributed by atoms with Crippen molar-refractivity contribution in [1.29, 1.82) is 0 Å². The molecule has 0 amide bonds. The van der Waals surface area contributed by atoms with Gasteiger partial charge in [-0.15, -0.1) is 11.6 Å². The van der Waals surface area contributed by atoms with Crippen molar-refractivity contribution in [1.82, 2.24) is 0 Å². The van der Waals surface area contributed by atoms with Crippen LogP contribution in [0, 0.1) is 0 Å². The maximum atomic E-state index is 5.66. The van der Waals surface area contributed by atoms with E-state index >= 15 is 0 Å². The fourth-order valence-electron chi connectivity index (χ4n) is 1.70. The Kier molecular flexibility index (Phi) is 5.13. The van der Waals surface area contributed by atoms with Gasteiger partial charge < -0.3 is 10.1 Å². The highest BCUT2D eigenvalue weighted by Crippen LogP contribution is 2.33. The van der Waals surface area contributed by atoms with Gasteiger partial charge in [0.25, 0.3) is 0 Å². The second-order valence-corrected chi connectivity index (χ2v) is 5.51. The normalized spacial score (nSPS) is 11.4. The highest BCUT2D eigenvalue weighted by molar-refractivity contribution is 6.17. The zero-order chi connectivity index (χ0) is 12.9. The van der Waals surface area contributed by atoms with Crippen molar-refractivity contribution < 1.29 is 4.74 Å². The molecule has 0 heterocycles. The summed E-state index contributed by atoms with van der Waals surface area (Å²) in [6.45, 7) is 7.47. The molecule has 96 valence electrons. The summed E-state index contributed by atoms with van der Waals surface area (Å²) in [4.78, 5) is 0. The van der Waals surface area contributed by atoms with E-state index in [0.29, 0.717) is 5.88 Å². The number of rotatable bonds is 5. The SMILES string of the molecule is COc1ccc(NCCCCl)cc1C(C)(C)C. The molecule has 0 atom stereocenters. The monoisotopic (exact) mass is 255 g/mol. The molecule has 3 heteroatoms.